The first kappa shape index (κ1) is 15.8. The molecule has 0 aliphatic carbocycles. The molecule has 2 heterocycles. The number of nitrogens with zero attached hydrogens (tertiary/aromatic N) is 3. The minimum Gasteiger partial charge on any atom is -0.339 e. The number of piperidine rings is 1. The molecule has 1 aromatic heterocycles. The molecule has 1 aliphatic rings. The fourth-order valence-corrected chi connectivity index (χ4v) is 3.04. The van der Waals surface area contributed by atoms with E-state index in [2.05, 4.69) is 15.0 Å². The van der Waals surface area contributed by atoms with E-state index in [0.717, 1.165) is 24.9 Å². The molecule has 0 N–H and O–H groups in total. The topological polar surface area (TPSA) is 42.2 Å². The first-order valence-electron chi connectivity index (χ1n) is 7.73. The van der Waals surface area contributed by atoms with Crippen LogP contribution in [0.4, 0.5) is 0 Å². The van der Waals surface area contributed by atoms with Crippen molar-refractivity contribution in [2.75, 3.05) is 19.6 Å². The molecule has 0 atom stereocenters. The molecule has 6 heteroatoms. The third-order valence-corrected chi connectivity index (χ3v) is 4.70. The molecule has 0 spiro atoms. The predicted octanol–water partition coefficient (Wildman–Crippen LogP) is 4.46. The number of aromatic nitrogens is 2. The van der Waals surface area contributed by atoms with Crippen LogP contribution in [-0.4, -0.2) is 34.7 Å². The van der Waals surface area contributed by atoms with Crippen molar-refractivity contribution in [3.8, 4) is 11.4 Å². The van der Waals surface area contributed by atoms with Gasteiger partial charge in [0.15, 0.2) is 0 Å². The van der Waals surface area contributed by atoms with E-state index in [0.29, 0.717) is 21.8 Å². The van der Waals surface area contributed by atoms with Gasteiger partial charge in [0.05, 0.1) is 10.0 Å². The van der Waals surface area contributed by atoms with Crippen molar-refractivity contribution in [1.82, 2.24) is 15.0 Å². The first-order valence-corrected chi connectivity index (χ1v) is 8.48. The Hall–Kier alpha value is -1.10. The third-order valence-electron chi connectivity index (χ3n) is 3.96. The number of likely N-dealkylation sites (tertiary alicyclic amines) is 1. The highest BCUT2D eigenvalue weighted by atomic mass is 35.5. The minimum atomic E-state index is 0.496. The van der Waals surface area contributed by atoms with Gasteiger partial charge in [0.2, 0.25) is 11.7 Å². The second kappa shape index (κ2) is 7.44. The normalized spacial score (nSPS) is 16.1. The average molecular weight is 340 g/mol. The fourth-order valence-electron chi connectivity index (χ4n) is 2.75. The summed E-state index contributed by atoms with van der Waals surface area (Å²) in [4.78, 5) is 6.95. The van der Waals surface area contributed by atoms with Crippen molar-refractivity contribution in [1.29, 1.82) is 0 Å². The lowest BCUT2D eigenvalue weighted by Gasteiger charge is -2.25. The monoisotopic (exact) mass is 339 g/mol. The molecule has 1 aliphatic heterocycles. The van der Waals surface area contributed by atoms with Gasteiger partial charge in [-0.3, -0.25) is 0 Å². The van der Waals surface area contributed by atoms with Crippen molar-refractivity contribution in [2.24, 2.45) is 0 Å². The molecule has 3 rings (SSSR count). The summed E-state index contributed by atoms with van der Waals surface area (Å²) in [7, 11) is 0. The maximum Gasteiger partial charge on any atom is 0.227 e. The highest BCUT2D eigenvalue weighted by Gasteiger charge is 2.12. The van der Waals surface area contributed by atoms with Crippen LogP contribution in [0.2, 0.25) is 10.0 Å². The lowest BCUT2D eigenvalue weighted by molar-refractivity contribution is 0.223. The van der Waals surface area contributed by atoms with Gasteiger partial charge in [0, 0.05) is 12.0 Å². The summed E-state index contributed by atoms with van der Waals surface area (Å²) in [6.45, 7) is 3.54. The van der Waals surface area contributed by atoms with Gasteiger partial charge in [-0.25, -0.2) is 0 Å². The van der Waals surface area contributed by atoms with Gasteiger partial charge in [0.1, 0.15) is 0 Å². The number of rotatable bonds is 5. The van der Waals surface area contributed by atoms with Gasteiger partial charge in [-0.1, -0.05) is 34.8 Å². The zero-order valence-corrected chi connectivity index (χ0v) is 13.9. The van der Waals surface area contributed by atoms with Crippen LogP contribution in [-0.2, 0) is 6.42 Å². The molecule has 0 radical (unpaired) electrons. The molecule has 4 nitrogen and oxygen atoms in total. The van der Waals surface area contributed by atoms with Gasteiger partial charge in [0.25, 0.3) is 0 Å². The second-order valence-corrected chi connectivity index (χ2v) is 6.46. The Morgan fingerprint density at radius 2 is 1.91 bits per heavy atom. The lowest BCUT2D eigenvalue weighted by atomic mass is 10.1. The molecule has 0 saturated carbocycles. The van der Waals surface area contributed by atoms with E-state index in [4.69, 9.17) is 27.7 Å². The van der Waals surface area contributed by atoms with Crippen LogP contribution in [0.15, 0.2) is 22.7 Å². The lowest BCUT2D eigenvalue weighted by Crippen LogP contribution is -2.30. The van der Waals surface area contributed by atoms with Crippen LogP contribution in [0.25, 0.3) is 11.4 Å². The summed E-state index contributed by atoms with van der Waals surface area (Å²) in [6.07, 6.45) is 5.87. The number of benzene rings is 1. The minimum absolute atomic E-state index is 0.496. The molecule has 1 fully saturated rings. The van der Waals surface area contributed by atoms with Gasteiger partial charge in [-0.15, -0.1) is 0 Å². The highest BCUT2D eigenvalue weighted by Crippen LogP contribution is 2.27. The van der Waals surface area contributed by atoms with Crippen molar-refractivity contribution < 1.29 is 4.52 Å². The largest absolute Gasteiger partial charge is 0.339 e. The number of halogens is 2. The number of hydrogen-bond donors (Lipinski definition) is 0. The van der Waals surface area contributed by atoms with E-state index in [1.807, 2.05) is 6.07 Å². The molecular formula is C16H19Cl2N3O. The van der Waals surface area contributed by atoms with Gasteiger partial charge in [-0.2, -0.15) is 4.98 Å². The van der Waals surface area contributed by atoms with Crippen LogP contribution in [0.5, 0.6) is 0 Å². The average Bonchev–Trinajstić information content (AvgIpc) is 3.00. The molecule has 0 bridgehead atoms. The Labute approximate surface area is 140 Å². The maximum atomic E-state index is 6.02. The molecule has 1 saturated heterocycles. The maximum absolute atomic E-state index is 6.02. The molecular weight excluding hydrogens is 321 g/mol. The standard InChI is InChI=1S/C16H19Cl2N3O/c17-13-7-6-12(11-14(13)18)16-19-15(22-20-16)5-4-10-21-8-2-1-3-9-21/h6-7,11H,1-5,8-10H2. The molecule has 1 aromatic carbocycles. The summed E-state index contributed by atoms with van der Waals surface area (Å²) < 4.78 is 5.32. The van der Waals surface area contributed by atoms with Crippen molar-refractivity contribution in [3.05, 3.63) is 34.1 Å². The van der Waals surface area contributed by atoms with Crippen molar-refractivity contribution in [3.63, 3.8) is 0 Å². The van der Waals surface area contributed by atoms with E-state index in [9.17, 15) is 0 Å². The highest BCUT2D eigenvalue weighted by molar-refractivity contribution is 6.42. The number of aryl methyl sites for hydroxylation is 1. The van der Waals surface area contributed by atoms with E-state index in [-0.39, 0.29) is 0 Å². The second-order valence-electron chi connectivity index (χ2n) is 5.65. The van der Waals surface area contributed by atoms with Crippen molar-refractivity contribution >= 4 is 23.2 Å². The summed E-state index contributed by atoms with van der Waals surface area (Å²) in [5, 5.41) is 5.04. The van der Waals surface area contributed by atoms with E-state index < -0.39 is 0 Å². The van der Waals surface area contributed by atoms with Gasteiger partial charge >= 0.3 is 0 Å². The van der Waals surface area contributed by atoms with E-state index in [1.165, 1.54) is 32.4 Å². The number of hydrogen-bond acceptors (Lipinski definition) is 4. The summed E-state index contributed by atoms with van der Waals surface area (Å²) in [5.74, 6) is 1.24. The summed E-state index contributed by atoms with van der Waals surface area (Å²) in [5.41, 5.74) is 0.820. The van der Waals surface area contributed by atoms with Crippen LogP contribution >= 0.6 is 23.2 Å². The van der Waals surface area contributed by atoms with Crippen LogP contribution in [0.3, 0.4) is 0 Å². The smallest absolute Gasteiger partial charge is 0.227 e. The first-order chi connectivity index (χ1) is 10.7. The van der Waals surface area contributed by atoms with Crippen LogP contribution in [0.1, 0.15) is 31.6 Å². The van der Waals surface area contributed by atoms with Crippen LogP contribution in [0, 0.1) is 0 Å². The van der Waals surface area contributed by atoms with Crippen molar-refractivity contribution in [2.45, 2.75) is 32.1 Å². The molecule has 0 amide bonds. The molecule has 118 valence electrons. The Balaban J connectivity index is 1.55. The SMILES string of the molecule is Clc1ccc(-c2noc(CCCN3CCCCC3)n2)cc1Cl. The summed E-state index contributed by atoms with van der Waals surface area (Å²) in [6, 6.07) is 5.34. The zero-order chi connectivity index (χ0) is 15.4. The quantitative estimate of drug-likeness (QED) is 0.806. The molecule has 22 heavy (non-hydrogen) atoms. The molecule has 0 unspecified atom stereocenters. The zero-order valence-electron chi connectivity index (χ0n) is 12.4. The van der Waals surface area contributed by atoms with Crippen LogP contribution < -0.4 is 0 Å². The summed E-state index contributed by atoms with van der Waals surface area (Å²) >= 11 is 11.9. The third kappa shape index (κ3) is 4.00. The Morgan fingerprint density at radius 1 is 1.09 bits per heavy atom. The Morgan fingerprint density at radius 3 is 2.68 bits per heavy atom. The fraction of sp³-hybridized carbons (Fsp3) is 0.500. The van der Waals surface area contributed by atoms with E-state index in [1.54, 1.807) is 12.1 Å². The Kier molecular flexibility index (Phi) is 5.34. The predicted molar refractivity (Wildman–Crippen MR) is 88.4 cm³/mol. The van der Waals surface area contributed by atoms with Gasteiger partial charge < -0.3 is 9.42 Å². The Bertz CT molecular complexity index is 624. The van der Waals surface area contributed by atoms with Gasteiger partial charge in [-0.05, 0) is 57.1 Å². The molecule has 2 aromatic rings. The van der Waals surface area contributed by atoms with E-state index >= 15 is 0 Å².